The summed E-state index contributed by atoms with van der Waals surface area (Å²) < 4.78 is 16.0. The first kappa shape index (κ1) is 13.6. The molecule has 0 radical (unpaired) electrons. The lowest BCUT2D eigenvalue weighted by molar-refractivity contribution is -0.166. The summed E-state index contributed by atoms with van der Waals surface area (Å²) >= 11 is 0. The van der Waals surface area contributed by atoms with E-state index in [0.29, 0.717) is 19.8 Å². The van der Waals surface area contributed by atoms with Gasteiger partial charge in [-0.3, -0.25) is 0 Å². The molecule has 3 heteroatoms. The molecule has 0 aromatic carbocycles. The highest BCUT2D eigenvalue weighted by molar-refractivity contribution is 4.75. The molecule has 0 aromatic heterocycles. The van der Waals surface area contributed by atoms with Crippen molar-refractivity contribution in [3.8, 4) is 0 Å². The molecular weight excluding hydrogens is 180 g/mol. The molecule has 0 bridgehead atoms. The van der Waals surface area contributed by atoms with Crippen LogP contribution >= 0.6 is 0 Å². The number of allylic oxidation sites excluding steroid dienone is 1. The third kappa shape index (κ3) is 8.23. The Balaban J connectivity index is 3.39. The van der Waals surface area contributed by atoms with Gasteiger partial charge in [-0.1, -0.05) is 12.2 Å². The van der Waals surface area contributed by atoms with E-state index in [4.69, 9.17) is 14.2 Å². The summed E-state index contributed by atoms with van der Waals surface area (Å²) in [6, 6.07) is 0. The van der Waals surface area contributed by atoms with E-state index in [9.17, 15) is 0 Å². The van der Waals surface area contributed by atoms with Crippen molar-refractivity contribution >= 4 is 0 Å². The Kier molecular flexibility index (Phi) is 10.4. The fraction of sp³-hybridized carbons (Fsp3) is 0.818. The molecule has 0 saturated carbocycles. The summed E-state index contributed by atoms with van der Waals surface area (Å²) in [5.41, 5.74) is 0. The molecule has 0 aliphatic heterocycles. The fourth-order valence-corrected chi connectivity index (χ4v) is 1.01. The molecule has 84 valence electrons. The van der Waals surface area contributed by atoms with Crippen molar-refractivity contribution in [2.75, 3.05) is 26.4 Å². The summed E-state index contributed by atoms with van der Waals surface area (Å²) in [4.78, 5) is 0. The zero-order chi connectivity index (χ0) is 10.6. The second kappa shape index (κ2) is 10.7. The Labute approximate surface area is 87.0 Å². The van der Waals surface area contributed by atoms with Gasteiger partial charge in [-0.2, -0.15) is 0 Å². The Morgan fingerprint density at radius 1 is 1.14 bits per heavy atom. The van der Waals surface area contributed by atoms with Gasteiger partial charge in [0.05, 0.1) is 13.2 Å². The molecule has 3 nitrogen and oxygen atoms in total. The van der Waals surface area contributed by atoms with Gasteiger partial charge in [0, 0.05) is 13.2 Å². The van der Waals surface area contributed by atoms with Crippen molar-refractivity contribution in [2.45, 2.75) is 33.5 Å². The van der Waals surface area contributed by atoms with E-state index in [-0.39, 0.29) is 6.29 Å². The molecule has 0 aliphatic rings. The van der Waals surface area contributed by atoms with Crippen LogP contribution in [0.3, 0.4) is 0 Å². The standard InChI is InChI=1S/C11H22O3/c1-4-7-8-9-12-10-11(13-5-2)14-6-3/h4,7,11H,5-6,8-10H2,1-3H3/b7-4+. The maximum absolute atomic E-state index is 5.40. The third-order valence-electron chi connectivity index (χ3n) is 1.62. The van der Waals surface area contributed by atoms with Gasteiger partial charge in [-0.05, 0) is 27.2 Å². The van der Waals surface area contributed by atoms with Crippen molar-refractivity contribution in [2.24, 2.45) is 0 Å². The van der Waals surface area contributed by atoms with Crippen molar-refractivity contribution in [3.63, 3.8) is 0 Å². The Hall–Kier alpha value is -0.380. The zero-order valence-corrected chi connectivity index (χ0v) is 9.49. The average Bonchev–Trinajstić information content (AvgIpc) is 2.18. The van der Waals surface area contributed by atoms with Crippen LogP contribution in [0.5, 0.6) is 0 Å². The van der Waals surface area contributed by atoms with Gasteiger partial charge in [-0.15, -0.1) is 0 Å². The molecule has 0 fully saturated rings. The molecule has 0 atom stereocenters. The van der Waals surface area contributed by atoms with Crippen LogP contribution < -0.4 is 0 Å². The second-order valence-corrected chi connectivity index (χ2v) is 2.77. The molecule has 0 spiro atoms. The lowest BCUT2D eigenvalue weighted by atomic mass is 10.4. The maximum atomic E-state index is 5.40. The topological polar surface area (TPSA) is 27.7 Å². The van der Waals surface area contributed by atoms with Crippen LogP contribution in [0.4, 0.5) is 0 Å². The first-order valence-corrected chi connectivity index (χ1v) is 5.27. The monoisotopic (exact) mass is 202 g/mol. The molecule has 0 amide bonds. The quantitative estimate of drug-likeness (QED) is 0.326. The van der Waals surface area contributed by atoms with Crippen LogP contribution in [0.15, 0.2) is 12.2 Å². The van der Waals surface area contributed by atoms with Gasteiger partial charge in [0.2, 0.25) is 0 Å². The van der Waals surface area contributed by atoms with Crippen molar-refractivity contribution in [3.05, 3.63) is 12.2 Å². The van der Waals surface area contributed by atoms with Crippen LogP contribution in [0.25, 0.3) is 0 Å². The molecule has 0 N–H and O–H groups in total. The number of rotatable bonds is 9. The molecule has 0 aromatic rings. The van der Waals surface area contributed by atoms with Crippen molar-refractivity contribution < 1.29 is 14.2 Å². The van der Waals surface area contributed by atoms with E-state index in [1.165, 1.54) is 0 Å². The van der Waals surface area contributed by atoms with Crippen molar-refractivity contribution in [1.29, 1.82) is 0 Å². The first-order valence-electron chi connectivity index (χ1n) is 5.27. The van der Waals surface area contributed by atoms with Crippen molar-refractivity contribution in [1.82, 2.24) is 0 Å². The van der Waals surface area contributed by atoms with Crippen LogP contribution in [-0.4, -0.2) is 32.7 Å². The number of hydrogen-bond acceptors (Lipinski definition) is 3. The number of hydrogen-bond donors (Lipinski definition) is 0. The van der Waals surface area contributed by atoms with E-state index in [0.717, 1.165) is 13.0 Å². The highest BCUT2D eigenvalue weighted by Crippen LogP contribution is 1.97. The molecule has 0 heterocycles. The van der Waals surface area contributed by atoms with E-state index in [2.05, 4.69) is 6.08 Å². The highest BCUT2D eigenvalue weighted by Gasteiger charge is 2.06. The predicted molar refractivity (Wildman–Crippen MR) is 57.3 cm³/mol. The van der Waals surface area contributed by atoms with E-state index in [1.807, 2.05) is 26.8 Å². The van der Waals surface area contributed by atoms with E-state index < -0.39 is 0 Å². The zero-order valence-electron chi connectivity index (χ0n) is 9.49. The summed E-state index contributed by atoms with van der Waals surface area (Å²) in [5, 5.41) is 0. The largest absolute Gasteiger partial charge is 0.376 e. The van der Waals surface area contributed by atoms with Gasteiger partial charge >= 0.3 is 0 Å². The molecule has 0 rings (SSSR count). The molecule has 0 saturated heterocycles. The van der Waals surface area contributed by atoms with Crippen LogP contribution in [0.2, 0.25) is 0 Å². The smallest absolute Gasteiger partial charge is 0.180 e. The van der Waals surface area contributed by atoms with Crippen LogP contribution in [0, 0.1) is 0 Å². The molecular formula is C11H22O3. The summed E-state index contributed by atoms with van der Waals surface area (Å²) in [6.45, 7) is 8.45. The molecule has 0 unspecified atom stereocenters. The normalized spacial score (nSPS) is 11.7. The summed E-state index contributed by atoms with van der Waals surface area (Å²) in [7, 11) is 0. The highest BCUT2D eigenvalue weighted by atomic mass is 16.7. The lowest BCUT2D eigenvalue weighted by Gasteiger charge is -2.16. The Bertz CT molecular complexity index is 128. The van der Waals surface area contributed by atoms with E-state index >= 15 is 0 Å². The predicted octanol–water partition coefficient (Wildman–Crippen LogP) is 2.37. The SMILES string of the molecule is C/C=C/CCOCC(OCC)OCC. The Morgan fingerprint density at radius 2 is 1.79 bits per heavy atom. The summed E-state index contributed by atoms with van der Waals surface area (Å²) in [6.07, 6.45) is 4.83. The fourth-order valence-electron chi connectivity index (χ4n) is 1.01. The molecule has 14 heavy (non-hydrogen) atoms. The average molecular weight is 202 g/mol. The summed E-state index contributed by atoms with van der Waals surface area (Å²) in [5.74, 6) is 0. The first-order chi connectivity index (χ1) is 6.85. The minimum atomic E-state index is -0.212. The van der Waals surface area contributed by atoms with Crippen LogP contribution in [0.1, 0.15) is 27.2 Å². The minimum absolute atomic E-state index is 0.212. The lowest BCUT2D eigenvalue weighted by Crippen LogP contribution is -2.23. The second-order valence-electron chi connectivity index (χ2n) is 2.77. The van der Waals surface area contributed by atoms with Gasteiger partial charge in [0.25, 0.3) is 0 Å². The van der Waals surface area contributed by atoms with Gasteiger partial charge in [0.15, 0.2) is 6.29 Å². The Morgan fingerprint density at radius 3 is 2.29 bits per heavy atom. The van der Waals surface area contributed by atoms with Gasteiger partial charge in [0.1, 0.15) is 0 Å². The van der Waals surface area contributed by atoms with E-state index in [1.54, 1.807) is 0 Å². The molecule has 0 aliphatic carbocycles. The third-order valence-corrected chi connectivity index (χ3v) is 1.62. The minimum Gasteiger partial charge on any atom is -0.376 e. The van der Waals surface area contributed by atoms with Gasteiger partial charge < -0.3 is 14.2 Å². The number of ether oxygens (including phenoxy) is 3. The van der Waals surface area contributed by atoms with Crippen LogP contribution in [-0.2, 0) is 14.2 Å². The maximum Gasteiger partial charge on any atom is 0.180 e. The van der Waals surface area contributed by atoms with Gasteiger partial charge in [-0.25, -0.2) is 0 Å².